The quantitative estimate of drug-likeness (QED) is 0.624. The first-order valence-electron chi connectivity index (χ1n) is 8.16. The van der Waals surface area contributed by atoms with Crippen LogP contribution in [0.1, 0.15) is 25.3 Å². The van der Waals surface area contributed by atoms with Crippen molar-refractivity contribution in [3.63, 3.8) is 0 Å². The number of halogens is 1. The van der Waals surface area contributed by atoms with Gasteiger partial charge in [0.25, 0.3) is 0 Å². The maximum Gasteiger partial charge on any atom is 0.191 e. The van der Waals surface area contributed by atoms with Crippen molar-refractivity contribution in [1.82, 2.24) is 15.5 Å². The van der Waals surface area contributed by atoms with E-state index in [9.17, 15) is 4.39 Å². The Morgan fingerprint density at radius 2 is 2.09 bits per heavy atom. The number of likely N-dealkylation sites (N-methyl/N-ethyl adjacent to an activating group) is 1. The first-order chi connectivity index (χ1) is 10.7. The maximum absolute atomic E-state index is 12.9. The first kappa shape index (κ1) is 16.7. The Balaban J connectivity index is 1.79. The van der Waals surface area contributed by atoms with Crippen molar-refractivity contribution in [1.29, 1.82) is 0 Å². The predicted octanol–water partition coefficient (Wildman–Crippen LogP) is 2.02. The molecule has 1 aliphatic heterocycles. The van der Waals surface area contributed by atoms with E-state index in [4.69, 9.17) is 0 Å². The minimum atomic E-state index is -0.188. The zero-order valence-electron chi connectivity index (χ0n) is 13.6. The molecule has 5 heteroatoms. The molecule has 2 rings (SSSR count). The van der Waals surface area contributed by atoms with Crippen LogP contribution < -0.4 is 10.6 Å². The maximum atomic E-state index is 12.9. The van der Waals surface area contributed by atoms with Crippen LogP contribution in [0.2, 0.25) is 0 Å². The minimum absolute atomic E-state index is 0.188. The molecule has 1 atom stereocenters. The van der Waals surface area contributed by atoms with Crippen LogP contribution in [0.15, 0.2) is 29.3 Å². The molecular weight excluding hydrogens is 279 g/mol. The number of rotatable bonds is 6. The molecule has 1 aliphatic rings. The van der Waals surface area contributed by atoms with E-state index >= 15 is 0 Å². The van der Waals surface area contributed by atoms with E-state index < -0.39 is 0 Å². The van der Waals surface area contributed by atoms with Crippen molar-refractivity contribution in [3.05, 3.63) is 35.6 Å². The number of aliphatic imine (C=N–C) groups is 1. The number of nitrogens with zero attached hydrogens (tertiary/aromatic N) is 2. The van der Waals surface area contributed by atoms with Gasteiger partial charge in [0.2, 0.25) is 0 Å². The number of nitrogens with one attached hydrogen (secondary N) is 2. The largest absolute Gasteiger partial charge is 0.357 e. The third-order valence-electron chi connectivity index (χ3n) is 4.10. The molecule has 0 saturated carbocycles. The second-order valence-corrected chi connectivity index (χ2v) is 5.80. The van der Waals surface area contributed by atoms with Crippen LogP contribution in [-0.2, 0) is 6.42 Å². The molecule has 1 aromatic rings. The Morgan fingerprint density at radius 1 is 1.32 bits per heavy atom. The summed E-state index contributed by atoms with van der Waals surface area (Å²) in [6, 6.07) is 7.23. The Hall–Kier alpha value is -1.62. The Bertz CT molecular complexity index is 472. The fourth-order valence-corrected chi connectivity index (χ4v) is 2.72. The highest BCUT2D eigenvalue weighted by Crippen LogP contribution is 2.14. The molecule has 1 unspecified atom stereocenters. The number of benzene rings is 1. The predicted molar refractivity (Wildman–Crippen MR) is 89.7 cm³/mol. The lowest BCUT2D eigenvalue weighted by Gasteiger charge is -2.18. The average Bonchev–Trinajstić information content (AvgIpc) is 2.92. The van der Waals surface area contributed by atoms with Crippen molar-refractivity contribution < 1.29 is 4.39 Å². The molecule has 0 aliphatic carbocycles. The van der Waals surface area contributed by atoms with Crippen molar-refractivity contribution in [3.8, 4) is 0 Å². The summed E-state index contributed by atoms with van der Waals surface area (Å²) in [5.74, 6) is 0.678. The molecular formula is C17H27FN4. The topological polar surface area (TPSA) is 39.7 Å². The van der Waals surface area contributed by atoms with Gasteiger partial charge in [-0.25, -0.2) is 4.39 Å². The summed E-state index contributed by atoms with van der Waals surface area (Å²) in [4.78, 5) is 7.06. The van der Waals surface area contributed by atoms with Crippen LogP contribution >= 0.6 is 0 Å². The van der Waals surface area contributed by atoms with Crippen LogP contribution in [0.4, 0.5) is 4.39 Å². The van der Waals surface area contributed by atoms with Gasteiger partial charge in [0.05, 0.1) is 6.54 Å². The molecule has 4 nitrogen and oxygen atoms in total. The second-order valence-electron chi connectivity index (χ2n) is 5.80. The van der Waals surface area contributed by atoms with Gasteiger partial charge < -0.3 is 15.5 Å². The van der Waals surface area contributed by atoms with Crippen LogP contribution in [0.5, 0.6) is 0 Å². The van der Waals surface area contributed by atoms with Gasteiger partial charge >= 0.3 is 0 Å². The highest BCUT2D eigenvalue weighted by molar-refractivity contribution is 5.79. The smallest absolute Gasteiger partial charge is 0.191 e. The minimum Gasteiger partial charge on any atom is -0.357 e. The van der Waals surface area contributed by atoms with Crippen molar-refractivity contribution in [2.45, 2.75) is 32.2 Å². The second kappa shape index (κ2) is 8.73. The van der Waals surface area contributed by atoms with Crippen molar-refractivity contribution in [2.24, 2.45) is 4.99 Å². The average molecular weight is 306 g/mol. The van der Waals surface area contributed by atoms with Gasteiger partial charge in [0, 0.05) is 19.1 Å². The molecule has 1 heterocycles. The lowest BCUT2D eigenvalue weighted by molar-refractivity contribution is 0.317. The zero-order valence-corrected chi connectivity index (χ0v) is 13.6. The highest BCUT2D eigenvalue weighted by Gasteiger charge is 2.20. The van der Waals surface area contributed by atoms with Crippen LogP contribution in [0, 0.1) is 5.82 Å². The van der Waals surface area contributed by atoms with Crippen LogP contribution in [0.25, 0.3) is 0 Å². The molecule has 1 aromatic carbocycles. The summed E-state index contributed by atoms with van der Waals surface area (Å²) in [7, 11) is 2.17. The summed E-state index contributed by atoms with van der Waals surface area (Å²) in [5.41, 5.74) is 1.13. The summed E-state index contributed by atoms with van der Waals surface area (Å²) < 4.78 is 12.9. The first-order valence-corrected chi connectivity index (χ1v) is 8.16. The summed E-state index contributed by atoms with van der Waals surface area (Å²) in [6.07, 6.45) is 3.36. The summed E-state index contributed by atoms with van der Waals surface area (Å²) in [5, 5.41) is 6.63. The fourth-order valence-electron chi connectivity index (χ4n) is 2.72. The van der Waals surface area contributed by atoms with Gasteiger partial charge in [0.1, 0.15) is 5.82 Å². The van der Waals surface area contributed by atoms with E-state index in [1.807, 2.05) is 12.1 Å². The van der Waals surface area contributed by atoms with Crippen LogP contribution in [0.3, 0.4) is 0 Å². The fraction of sp³-hybridized carbons (Fsp3) is 0.588. The molecule has 2 N–H and O–H groups in total. The van der Waals surface area contributed by atoms with E-state index in [1.54, 1.807) is 0 Å². The number of hydrogen-bond donors (Lipinski definition) is 2. The molecule has 1 saturated heterocycles. The Morgan fingerprint density at radius 3 is 2.73 bits per heavy atom. The standard InChI is InChI=1S/C17H27FN4/c1-3-19-17(21-13-16-5-4-12-22(16)2)20-11-10-14-6-8-15(18)9-7-14/h6-9,16H,3-5,10-13H2,1-2H3,(H2,19,20,21). The summed E-state index contributed by atoms with van der Waals surface area (Å²) >= 11 is 0. The van der Waals surface area contributed by atoms with E-state index in [0.717, 1.165) is 37.6 Å². The van der Waals surface area contributed by atoms with Crippen molar-refractivity contribution >= 4 is 5.96 Å². The SMILES string of the molecule is CCNC(=NCC1CCCN1C)NCCc1ccc(F)cc1. The van der Waals surface area contributed by atoms with Gasteiger partial charge in [0.15, 0.2) is 5.96 Å². The van der Waals surface area contributed by atoms with E-state index in [2.05, 4.69) is 34.5 Å². The van der Waals surface area contributed by atoms with E-state index in [0.29, 0.717) is 6.04 Å². The lowest BCUT2D eigenvalue weighted by Crippen LogP contribution is -2.39. The Labute approximate surface area is 132 Å². The molecule has 122 valence electrons. The number of likely N-dealkylation sites (tertiary alicyclic amines) is 1. The molecule has 0 spiro atoms. The zero-order chi connectivity index (χ0) is 15.8. The highest BCUT2D eigenvalue weighted by atomic mass is 19.1. The van der Waals surface area contributed by atoms with Crippen LogP contribution in [-0.4, -0.2) is 50.1 Å². The molecule has 0 amide bonds. The summed E-state index contributed by atoms with van der Waals surface area (Å²) in [6.45, 7) is 5.72. The number of guanidine groups is 1. The van der Waals surface area contributed by atoms with Gasteiger partial charge in [-0.05, 0) is 57.5 Å². The van der Waals surface area contributed by atoms with Crippen molar-refractivity contribution in [2.75, 3.05) is 33.2 Å². The van der Waals surface area contributed by atoms with E-state index in [1.165, 1.54) is 31.5 Å². The molecule has 0 aromatic heterocycles. The monoisotopic (exact) mass is 306 g/mol. The number of hydrogen-bond acceptors (Lipinski definition) is 2. The molecule has 0 radical (unpaired) electrons. The molecule has 1 fully saturated rings. The lowest BCUT2D eigenvalue weighted by atomic mass is 10.1. The molecule has 22 heavy (non-hydrogen) atoms. The van der Waals surface area contributed by atoms with Gasteiger partial charge in [-0.2, -0.15) is 0 Å². The van der Waals surface area contributed by atoms with Gasteiger partial charge in [-0.3, -0.25) is 4.99 Å². The third-order valence-corrected chi connectivity index (χ3v) is 4.10. The molecule has 0 bridgehead atoms. The van der Waals surface area contributed by atoms with Gasteiger partial charge in [-0.15, -0.1) is 0 Å². The normalized spacial score (nSPS) is 19.4. The van der Waals surface area contributed by atoms with Gasteiger partial charge in [-0.1, -0.05) is 12.1 Å². The Kier molecular flexibility index (Phi) is 6.65. The van der Waals surface area contributed by atoms with E-state index in [-0.39, 0.29) is 5.82 Å². The third kappa shape index (κ3) is 5.30.